The molecule has 0 fully saturated rings. The summed E-state index contributed by atoms with van der Waals surface area (Å²) in [7, 11) is 0. The molecule has 2 N–H and O–H groups in total. The van der Waals surface area contributed by atoms with Crippen LogP contribution in [0.15, 0.2) is 12.2 Å². The smallest absolute Gasteiger partial charge is 0.407 e. The second kappa shape index (κ2) is 12.4. The molecular formula is C18H31N3O6. The molecule has 0 aromatic heterocycles. The van der Waals surface area contributed by atoms with Crippen molar-refractivity contribution in [1.82, 2.24) is 15.5 Å². The van der Waals surface area contributed by atoms with Crippen LogP contribution in [0, 0.1) is 0 Å². The van der Waals surface area contributed by atoms with Crippen LogP contribution < -0.4 is 10.6 Å². The van der Waals surface area contributed by atoms with E-state index in [9.17, 15) is 14.4 Å². The molecule has 0 aromatic rings. The van der Waals surface area contributed by atoms with Crippen LogP contribution in [0.3, 0.4) is 0 Å². The summed E-state index contributed by atoms with van der Waals surface area (Å²) in [6.07, 6.45) is 2.83. The van der Waals surface area contributed by atoms with Crippen molar-refractivity contribution in [3.63, 3.8) is 0 Å². The summed E-state index contributed by atoms with van der Waals surface area (Å²) in [4.78, 5) is 35.3. The number of imide groups is 1. The quantitative estimate of drug-likeness (QED) is 0.350. The summed E-state index contributed by atoms with van der Waals surface area (Å²) >= 11 is 0. The number of carbonyl (C=O) groups is 3. The first-order valence-corrected chi connectivity index (χ1v) is 9.16. The summed E-state index contributed by atoms with van der Waals surface area (Å²) in [5, 5.41) is 5.79. The van der Waals surface area contributed by atoms with Gasteiger partial charge in [-0.15, -0.1) is 0 Å². The Balaban J connectivity index is 1.81. The second-order valence-electron chi connectivity index (χ2n) is 6.92. The molecule has 27 heavy (non-hydrogen) atoms. The van der Waals surface area contributed by atoms with Crippen LogP contribution >= 0.6 is 0 Å². The SMILES string of the molecule is CC(C)(C)OC(=O)NCCOCCOCCNCCCN1C(=O)C=CC1=O. The summed E-state index contributed by atoms with van der Waals surface area (Å²) in [5.41, 5.74) is -0.507. The zero-order valence-corrected chi connectivity index (χ0v) is 16.4. The summed E-state index contributed by atoms with van der Waals surface area (Å²) < 4.78 is 15.9. The highest BCUT2D eigenvalue weighted by molar-refractivity contribution is 6.12. The molecule has 1 rings (SSSR count). The van der Waals surface area contributed by atoms with Crippen molar-refractivity contribution < 1.29 is 28.6 Å². The third kappa shape index (κ3) is 11.4. The summed E-state index contributed by atoms with van der Waals surface area (Å²) in [6.45, 7) is 9.46. The molecule has 0 atom stereocenters. The monoisotopic (exact) mass is 385 g/mol. The molecule has 1 heterocycles. The molecule has 0 aliphatic carbocycles. The van der Waals surface area contributed by atoms with E-state index in [1.165, 1.54) is 17.1 Å². The Morgan fingerprint density at radius 2 is 1.56 bits per heavy atom. The van der Waals surface area contributed by atoms with E-state index in [-0.39, 0.29) is 11.8 Å². The second-order valence-corrected chi connectivity index (χ2v) is 6.92. The maximum atomic E-state index is 11.4. The number of ether oxygens (including phenoxy) is 3. The topological polar surface area (TPSA) is 106 Å². The van der Waals surface area contributed by atoms with E-state index in [1.807, 2.05) is 20.8 Å². The molecule has 154 valence electrons. The Labute approximate surface area is 160 Å². The molecule has 0 unspecified atom stereocenters. The van der Waals surface area contributed by atoms with E-state index >= 15 is 0 Å². The third-order valence-electron chi connectivity index (χ3n) is 3.35. The van der Waals surface area contributed by atoms with Crippen LogP contribution in [0.1, 0.15) is 27.2 Å². The lowest BCUT2D eigenvalue weighted by molar-refractivity contribution is -0.136. The number of hydrogen-bond donors (Lipinski definition) is 2. The molecule has 0 bridgehead atoms. The van der Waals surface area contributed by atoms with Gasteiger partial charge in [-0.2, -0.15) is 0 Å². The fourth-order valence-electron chi connectivity index (χ4n) is 2.14. The van der Waals surface area contributed by atoms with Crippen molar-refractivity contribution in [2.24, 2.45) is 0 Å². The largest absolute Gasteiger partial charge is 0.444 e. The number of amides is 3. The number of rotatable bonds is 13. The molecule has 0 saturated carbocycles. The predicted molar refractivity (Wildman–Crippen MR) is 99.2 cm³/mol. The molecular weight excluding hydrogens is 354 g/mol. The molecule has 0 aromatic carbocycles. The van der Waals surface area contributed by atoms with Crippen molar-refractivity contribution in [1.29, 1.82) is 0 Å². The Kier molecular flexibility index (Phi) is 10.6. The first-order chi connectivity index (χ1) is 12.8. The van der Waals surface area contributed by atoms with Crippen LogP contribution in [0.5, 0.6) is 0 Å². The molecule has 9 nitrogen and oxygen atoms in total. The number of nitrogens with zero attached hydrogens (tertiary/aromatic N) is 1. The highest BCUT2D eigenvalue weighted by Crippen LogP contribution is 2.06. The van der Waals surface area contributed by atoms with E-state index in [0.717, 1.165) is 0 Å². The molecule has 1 aliphatic heterocycles. The van der Waals surface area contributed by atoms with Gasteiger partial charge in [0.2, 0.25) is 0 Å². The van der Waals surface area contributed by atoms with E-state index in [4.69, 9.17) is 14.2 Å². The molecule has 0 spiro atoms. The van der Waals surface area contributed by atoms with Gasteiger partial charge in [-0.25, -0.2) is 4.79 Å². The Bertz CT molecular complexity index is 498. The van der Waals surface area contributed by atoms with E-state index in [0.29, 0.717) is 59.0 Å². The van der Waals surface area contributed by atoms with Gasteiger partial charge < -0.3 is 24.8 Å². The minimum absolute atomic E-state index is 0.246. The van der Waals surface area contributed by atoms with Crippen LogP contribution in [-0.2, 0) is 23.8 Å². The van der Waals surface area contributed by atoms with E-state index < -0.39 is 11.7 Å². The standard InChI is InChI=1S/C18H31N3O6/c1-18(2,3)27-17(24)20-9-12-26-14-13-25-11-8-19-7-4-10-21-15(22)5-6-16(21)23/h5-6,19H,4,7-14H2,1-3H3,(H,20,24). The van der Waals surface area contributed by atoms with Gasteiger partial charge in [0.05, 0.1) is 26.4 Å². The van der Waals surface area contributed by atoms with Crippen molar-refractivity contribution in [3.8, 4) is 0 Å². The van der Waals surface area contributed by atoms with Crippen molar-refractivity contribution in [2.45, 2.75) is 32.8 Å². The van der Waals surface area contributed by atoms with Gasteiger partial charge >= 0.3 is 6.09 Å². The van der Waals surface area contributed by atoms with Crippen LogP contribution in [0.25, 0.3) is 0 Å². The Morgan fingerprint density at radius 3 is 2.15 bits per heavy atom. The van der Waals surface area contributed by atoms with Crippen LogP contribution in [0.4, 0.5) is 4.79 Å². The lowest BCUT2D eigenvalue weighted by Gasteiger charge is -2.19. The van der Waals surface area contributed by atoms with Gasteiger partial charge in [0.15, 0.2) is 0 Å². The minimum Gasteiger partial charge on any atom is -0.444 e. The maximum absolute atomic E-state index is 11.4. The molecule has 1 aliphatic rings. The van der Waals surface area contributed by atoms with Gasteiger partial charge in [-0.1, -0.05) is 0 Å². The first kappa shape index (κ1) is 23.1. The lowest BCUT2D eigenvalue weighted by atomic mass is 10.2. The summed E-state index contributed by atoms with van der Waals surface area (Å²) in [5.74, 6) is -0.491. The zero-order chi connectivity index (χ0) is 20.1. The minimum atomic E-state index is -0.507. The van der Waals surface area contributed by atoms with Gasteiger partial charge in [0, 0.05) is 31.8 Å². The van der Waals surface area contributed by atoms with Crippen molar-refractivity contribution in [3.05, 3.63) is 12.2 Å². The molecule has 0 saturated heterocycles. The molecule has 9 heteroatoms. The van der Waals surface area contributed by atoms with E-state index in [1.54, 1.807) is 0 Å². The number of alkyl carbamates (subject to hydrolysis) is 1. The third-order valence-corrected chi connectivity index (χ3v) is 3.35. The highest BCUT2D eigenvalue weighted by atomic mass is 16.6. The van der Waals surface area contributed by atoms with E-state index in [2.05, 4.69) is 10.6 Å². The lowest BCUT2D eigenvalue weighted by Crippen LogP contribution is -2.34. The van der Waals surface area contributed by atoms with Gasteiger partial charge in [-0.3, -0.25) is 14.5 Å². The zero-order valence-electron chi connectivity index (χ0n) is 16.4. The average Bonchev–Trinajstić information content (AvgIpc) is 2.89. The van der Waals surface area contributed by atoms with Crippen molar-refractivity contribution in [2.75, 3.05) is 52.6 Å². The average molecular weight is 385 g/mol. The number of hydrogen-bond acceptors (Lipinski definition) is 7. The Hall–Kier alpha value is -1.97. The first-order valence-electron chi connectivity index (χ1n) is 9.16. The number of nitrogens with one attached hydrogen (secondary N) is 2. The van der Waals surface area contributed by atoms with Gasteiger partial charge in [0.25, 0.3) is 11.8 Å². The molecule has 0 radical (unpaired) electrons. The van der Waals surface area contributed by atoms with Crippen LogP contribution in [-0.4, -0.2) is 81.0 Å². The van der Waals surface area contributed by atoms with Crippen molar-refractivity contribution >= 4 is 17.9 Å². The maximum Gasteiger partial charge on any atom is 0.407 e. The highest BCUT2D eigenvalue weighted by Gasteiger charge is 2.22. The van der Waals surface area contributed by atoms with Gasteiger partial charge in [0.1, 0.15) is 5.60 Å². The molecule has 3 amide bonds. The fraction of sp³-hybridized carbons (Fsp3) is 0.722. The van der Waals surface area contributed by atoms with Crippen LogP contribution in [0.2, 0.25) is 0 Å². The fourth-order valence-corrected chi connectivity index (χ4v) is 2.14. The van der Waals surface area contributed by atoms with Gasteiger partial charge in [-0.05, 0) is 33.7 Å². The summed E-state index contributed by atoms with van der Waals surface area (Å²) in [6, 6.07) is 0. The normalized spacial score (nSPS) is 14.1. The predicted octanol–water partition coefficient (Wildman–Crippen LogP) is 0.449. The Morgan fingerprint density at radius 1 is 0.963 bits per heavy atom. The number of carbonyl (C=O) groups excluding carboxylic acids is 3.